The molecule has 1 saturated heterocycles. The molecule has 2 heterocycles. The lowest BCUT2D eigenvalue weighted by Crippen LogP contribution is -2.49. The molecule has 0 saturated carbocycles. The van der Waals surface area contributed by atoms with E-state index in [-0.39, 0.29) is 0 Å². The first-order valence-electron chi connectivity index (χ1n) is 5.68. The van der Waals surface area contributed by atoms with Crippen LogP contribution in [0, 0.1) is 0 Å². The van der Waals surface area contributed by atoms with Gasteiger partial charge in [0.2, 0.25) is 0 Å². The minimum absolute atomic E-state index is 0.358. The number of halogens is 1. The van der Waals surface area contributed by atoms with E-state index < -0.39 is 0 Å². The maximum atomic E-state index is 5.87. The first kappa shape index (κ1) is 11.6. The lowest BCUT2D eigenvalue weighted by Gasteiger charge is -2.41. The van der Waals surface area contributed by atoms with Crippen molar-refractivity contribution in [3.8, 4) is 0 Å². The molecule has 4 nitrogen and oxygen atoms in total. The van der Waals surface area contributed by atoms with Gasteiger partial charge in [0.25, 0.3) is 0 Å². The maximum absolute atomic E-state index is 5.87. The van der Waals surface area contributed by atoms with Gasteiger partial charge in [-0.2, -0.15) is 0 Å². The van der Waals surface area contributed by atoms with Gasteiger partial charge < -0.3 is 10.6 Å². The molecule has 0 aromatic carbocycles. The van der Waals surface area contributed by atoms with Crippen molar-refractivity contribution in [2.75, 3.05) is 11.4 Å². The molecule has 2 N–H and O–H groups in total. The third-order valence-corrected chi connectivity index (χ3v) is 3.34. The molecular formula is C11H17ClN4. The number of anilines is 1. The van der Waals surface area contributed by atoms with Gasteiger partial charge in [0.15, 0.2) is 0 Å². The number of aromatic nitrogens is 2. The van der Waals surface area contributed by atoms with E-state index in [0.29, 0.717) is 23.8 Å². The lowest BCUT2D eigenvalue weighted by molar-refractivity contribution is 0.397. The quantitative estimate of drug-likeness (QED) is 0.857. The number of piperidine rings is 1. The van der Waals surface area contributed by atoms with Crippen LogP contribution in [-0.4, -0.2) is 28.6 Å². The van der Waals surface area contributed by atoms with Gasteiger partial charge in [-0.25, -0.2) is 4.98 Å². The number of nitrogens with two attached hydrogens (primary N) is 1. The second-order valence-corrected chi connectivity index (χ2v) is 4.66. The van der Waals surface area contributed by atoms with Crippen LogP contribution in [0.25, 0.3) is 0 Å². The van der Waals surface area contributed by atoms with E-state index in [0.717, 1.165) is 12.2 Å². The van der Waals surface area contributed by atoms with Gasteiger partial charge >= 0.3 is 0 Å². The van der Waals surface area contributed by atoms with Crippen molar-refractivity contribution in [1.82, 2.24) is 9.97 Å². The Morgan fingerprint density at radius 1 is 1.50 bits per heavy atom. The predicted molar refractivity (Wildman–Crippen MR) is 65.7 cm³/mol. The van der Waals surface area contributed by atoms with Crippen molar-refractivity contribution in [3.05, 3.63) is 17.5 Å². The summed E-state index contributed by atoms with van der Waals surface area (Å²) in [6, 6.07) is 0.812. The minimum Gasteiger partial charge on any atom is -0.348 e. The number of hydrogen-bond donors (Lipinski definition) is 1. The topological polar surface area (TPSA) is 55.0 Å². The Hall–Kier alpha value is -0.870. The Morgan fingerprint density at radius 2 is 2.31 bits per heavy atom. The Kier molecular flexibility index (Phi) is 3.61. The molecule has 1 aliphatic heterocycles. The van der Waals surface area contributed by atoms with Gasteiger partial charge in [0, 0.05) is 18.6 Å². The van der Waals surface area contributed by atoms with Crippen molar-refractivity contribution in [2.24, 2.45) is 5.73 Å². The normalized spacial score (nSPS) is 25.8. The molecule has 2 atom stereocenters. The van der Waals surface area contributed by atoms with Crippen LogP contribution >= 0.6 is 11.6 Å². The minimum atomic E-state index is 0.358. The summed E-state index contributed by atoms with van der Waals surface area (Å²) in [7, 11) is 0. The molecule has 1 aliphatic rings. The molecule has 0 amide bonds. The lowest BCUT2D eigenvalue weighted by atomic mass is 9.96. The summed E-state index contributed by atoms with van der Waals surface area (Å²) in [6.45, 7) is 2.85. The maximum Gasteiger partial charge on any atom is 0.149 e. The highest BCUT2D eigenvalue weighted by atomic mass is 35.5. The van der Waals surface area contributed by atoms with Crippen molar-refractivity contribution in [2.45, 2.75) is 38.3 Å². The summed E-state index contributed by atoms with van der Waals surface area (Å²) in [4.78, 5) is 10.7. The average Bonchev–Trinajstić information content (AvgIpc) is 2.28. The molecule has 0 bridgehead atoms. The average molecular weight is 241 g/mol. The first-order chi connectivity index (χ1) is 7.72. The molecule has 16 heavy (non-hydrogen) atoms. The van der Waals surface area contributed by atoms with Crippen LogP contribution in [-0.2, 0) is 0 Å². The Morgan fingerprint density at radius 3 is 3.00 bits per heavy atom. The van der Waals surface area contributed by atoms with Gasteiger partial charge in [0.05, 0.1) is 12.4 Å². The zero-order valence-corrected chi connectivity index (χ0v) is 10.2. The summed E-state index contributed by atoms with van der Waals surface area (Å²) >= 11 is 5.87. The molecule has 1 aromatic rings. The fraction of sp³-hybridized carbons (Fsp3) is 0.636. The molecule has 2 unspecified atom stereocenters. The zero-order valence-electron chi connectivity index (χ0n) is 9.43. The van der Waals surface area contributed by atoms with E-state index in [9.17, 15) is 0 Å². The van der Waals surface area contributed by atoms with Crippen LogP contribution in [0.2, 0.25) is 5.15 Å². The van der Waals surface area contributed by atoms with E-state index in [1.54, 1.807) is 12.4 Å². The van der Waals surface area contributed by atoms with E-state index in [1.807, 2.05) is 0 Å². The molecule has 0 spiro atoms. The Labute approximate surface area is 101 Å². The Bertz CT molecular complexity index is 358. The SMILES string of the molecule is CC1CCCC(CN)N1c1cncc(Cl)n1. The molecule has 1 aromatic heterocycles. The summed E-state index contributed by atoms with van der Waals surface area (Å²) in [5.74, 6) is 0.843. The number of nitrogens with zero attached hydrogens (tertiary/aromatic N) is 3. The largest absolute Gasteiger partial charge is 0.348 e. The van der Waals surface area contributed by atoms with Gasteiger partial charge in [0.1, 0.15) is 11.0 Å². The van der Waals surface area contributed by atoms with Gasteiger partial charge in [-0.05, 0) is 26.2 Å². The molecule has 2 rings (SSSR count). The summed E-state index contributed by atoms with van der Waals surface area (Å²) in [5, 5.41) is 0.436. The summed E-state index contributed by atoms with van der Waals surface area (Å²) in [5.41, 5.74) is 5.81. The molecule has 1 fully saturated rings. The van der Waals surface area contributed by atoms with E-state index >= 15 is 0 Å². The van der Waals surface area contributed by atoms with Gasteiger partial charge in [-0.15, -0.1) is 0 Å². The highest BCUT2D eigenvalue weighted by molar-refractivity contribution is 6.29. The van der Waals surface area contributed by atoms with Crippen LogP contribution in [0.15, 0.2) is 12.4 Å². The van der Waals surface area contributed by atoms with Gasteiger partial charge in [-0.3, -0.25) is 4.98 Å². The van der Waals surface area contributed by atoms with Crippen molar-refractivity contribution in [3.63, 3.8) is 0 Å². The smallest absolute Gasteiger partial charge is 0.149 e. The molecule has 0 radical (unpaired) electrons. The van der Waals surface area contributed by atoms with Crippen LogP contribution in [0.1, 0.15) is 26.2 Å². The fourth-order valence-electron chi connectivity index (χ4n) is 2.39. The van der Waals surface area contributed by atoms with Crippen LogP contribution < -0.4 is 10.6 Å². The van der Waals surface area contributed by atoms with Crippen LogP contribution in [0.3, 0.4) is 0 Å². The first-order valence-corrected chi connectivity index (χ1v) is 6.06. The van der Waals surface area contributed by atoms with Crippen LogP contribution in [0.5, 0.6) is 0 Å². The molecular weight excluding hydrogens is 224 g/mol. The van der Waals surface area contributed by atoms with Crippen LogP contribution in [0.4, 0.5) is 5.82 Å². The summed E-state index contributed by atoms with van der Waals surface area (Å²) < 4.78 is 0. The predicted octanol–water partition coefficient (Wildman–Crippen LogP) is 1.84. The molecule has 0 aliphatic carbocycles. The van der Waals surface area contributed by atoms with E-state index in [1.165, 1.54) is 12.8 Å². The van der Waals surface area contributed by atoms with Crippen molar-refractivity contribution < 1.29 is 0 Å². The van der Waals surface area contributed by atoms with Gasteiger partial charge in [-0.1, -0.05) is 11.6 Å². The van der Waals surface area contributed by atoms with Crippen molar-refractivity contribution in [1.29, 1.82) is 0 Å². The fourth-order valence-corrected chi connectivity index (χ4v) is 2.53. The summed E-state index contributed by atoms with van der Waals surface area (Å²) in [6.07, 6.45) is 6.83. The second-order valence-electron chi connectivity index (χ2n) is 4.28. The molecule has 5 heteroatoms. The van der Waals surface area contributed by atoms with E-state index in [4.69, 9.17) is 17.3 Å². The van der Waals surface area contributed by atoms with Crippen molar-refractivity contribution >= 4 is 17.4 Å². The highest BCUT2D eigenvalue weighted by Crippen LogP contribution is 2.27. The zero-order chi connectivity index (χ0) is 11.5. The Balaban J connectivity index is 2.28. The second kappa shape index (κ2) is 4.97. The third-order valence-electron chi connectivity index (χ3n) is 3.16. The van der Waals surface area contributed by atoms with E-state index in [2.05, 4.69) is 21.8 Å². The number of hydrogen-bond acceptors (Lipinski definition) is 4. The standard InChI is InChI=1S/C11H17ClN4/c1-8-3-2-4-9(5-13)16(8)11-7-14-6-10(12)15-11/h6-9H,2-5,13H2,1H3. The third kappa shape index (κ3) is 2.28. The highest BCUT2D eigenvalue weighted by Gasteiger charge is 2.28. The number of rotatable bonds is 2. The monoisotopic (exact) mass is 240 g/mol. The molecule has 88 valence electrons.